The molecule has 0 fully saturated rings. The maximum absolute atomic E-state index is 12.6. The largest absolute Gasteiger partial charge is 0.312 e. The van der Waals surface area contributed by atoms with E-state index in [4.69, 9.17) is 0 Å². The molecule has 2 heteroatoms. The minimum absolute atomic E-state index is 0.171. The van der Waals surface area contributed by atoms with Crippen LogP contribution in [0, 0.1) is 11.7 Å². The lowest BCUT2D eigenvalue weighted by molar-refractivity contribution is 0.499. The van der Waals surface area contributed by atoms with Crippen molar-refractivity contribution in [3.8, 4) is 0 Å². The quantitative estimate of drug-likeness (QED) is 0.761. The topological polar surface area (TPSA) is 12.0 Å². The van der Waals surface area contributed by atoms with E-state index in [9.17, 15) is 4.39 Å². The molecule has 0 unspecified atom stereocenters. The Bertz CT molecular complexity index is 256. The van der Waals surface area contributed by atoms with Gasteiger partial charge in [-0.2, -0.15) is 0 Å². The molecule has 1 aromatic carbocycles. The molecule has 0 saturated heterocycles. The lowest BCUT2D eigenvalue weighted by Crippen LogP contribution is -2.20. The van der Waals surface area contributed by atoms with Crippen molar-refractivity contribution in [3.63, 3.8) is 0 Å². The Morgan fingerprint density at radius 1 is 1.29 bits per heavy atom. The summed E-state index contributed by atoms with van der Waals surface area (Å²) in [5.41, 5.74) is 1.13. The lowest BCUT2D eigenvalue weighted by Gasteiger charge is -2.09. The molecule has 0 bridgehead atoms. The normalized spacial score (nSPS) is 12.8. The fourth-order valence-electron chi connectivity index (χ4n) is 1.21. The van der Waals surface area contributed by atoms with Gasteiger partial charge in [-0.1, -0.05) is 32.4 Å². The first-order valence-electron chi connectivity index (χ1n) is 5.17. The Morgan fingerprint density at radius 2 is 1.93 bits per heavy atom. The average molecular weight is 195 g/mol. The predicted octanol–water partition coefficient (Wildman–Crippen LogP) is 2.96. The summed E-state index contributed by atoms with van der Waals surface area (Å²) in [5.74, 6) is 0.533. The molecular formula is C12H18FN. The molecule has 1 aromatic rings. The zero-order valence-electron chi connectivity index (χ0n) is 8.89. The van der Waals surface area contributed by atoms with Gasteiger partial charge in [0.1, 0.15) is 5.82 Å². The van der Waals surface area contributed by atoms with E-state index < -0.39 is 0 Å². The number of benzene rings is 1. The summed E-state index contributed by atoms with van der Waals surface area (Å²) in [6, 6.07) is 6.64. The fraction of sp³-hybridized carbons (Fsp3) is 0.500. The van der Waals surface area contributed by atoms with Crippen LogP contribution in [-0.4, -0.2) is 6.54 Å². The van der Waals surface area contributed by atoms with Crippen molar-refractivity contribution >= 4 is 0 Å². The van der Waals surface area contributed by atoms with Gasteiger partial charge in [-0.25, -0.2) is 4.39 Å². The summed E-state index contributed by atoms with van der Waals surface area (Å²) >= 11 is 0. The van der Waals surface area contributed by atoms with Crippen molar-refractivity contribution < 1.29 is 4.39 Å². The van der Waals surface area contributed by atoms with Crippen LogP contribution < -0.4 is 5.32 Å². The molecule has 0 aliphatic heterocycles. The van der Waals surface area contributed by atoms with E-state index in [1.807, 2.05) is 12.1 Å². The van der Waals surface area contributed by atoms with Crippen molar-refractivity contribution in [1.29, 1.82) is 0 Å². The minimum Gasteiger partial charge on any atom is -0.312 e. The highest BCUT2D eigenvalue weighted by Gasteiger charge is 1.98. The van der Waals surface area contributed by atoms with Crippen molar-refractivity contribution in [1.82, 2.24) is 5.32 Å². The van der Waals surface area contributed by atoms with Gasteiger partial charge >= 0.3 is 0 Å². The second kappa shape index (κ2) is 5.76. The summed E-state index contributed by atoms with van der Waals surface area (Å²) in [6.45, 7) is 6.25. The van der Waals surface area contributed by atoms with Gasteiger partial charge in [-0.05, 0) is 30.2 Å². The molecule has 0 aromatic heterocycles. The Balaban J connectivity index is 2.28. The molecule has 0 aliphatic carbocycles. The van der Waals surface area contributed by atoms with Crippen LogP contribution in [-0.2, 0) is 6.54 Å². The van der Waals surface area contributed by atoms with Gasteiger partial charge < -0.3 is 5.32 Å². The van der Waals surface area contributed by atoms with E-state index in [0.29, 0.717) is 5.92 Å². The third kappa shape index (κ3) is 3.88. The molecular weight excluding hydrogens is 177 g/mol. The van der Waals surface area contributed by atoms with Crippen LogP contribution in [0.15, 0.2) is 24.3 Å². The molecule has 1 rings (SSSR count). The van der Waals surface area contributed by atoms with Crippen molar-refractivity contribution in [3.05, 3.63) is 35.6 Å². The minimum atomic E-state index is -0.171. The number of hydrogen-bond acceptors (Lipinski definition) is 1. The van der Waals surface area contributed by atoms with Crippen LogP contribution in [0.1, 0.15) is 25.8 Å². The number of rotatable bonds is 5. The second-order valence-corrected chi connectivity index (χ2v) is 3.77. The van der Waals surface area contributed by atoms with Crippen LogP contribution in [0.3, 0.4) is 0 Å². The zero-order valence-corrected chi connectivity index (χ0v) is 8.89. The van der Waals surface area contributed by atoms with Gasteiger partial charge in [0.15, 0.2) is 0 Å². The molecule has 0 aliphatic rings. The maximum Gasteiger partial charge on any atom is 0.123 e. The highest BCUT2D eigenvalue weighted by Crippen LogP contribution is 2.03. The first kappa shape index (κ1) is 11.2. The number of nitrogens with one attached hydrogen (secondary N) is 1. The molecule has 0 amide bonds. The molecule has 14 heavy (non-hydrogen) atoms. The van der Waals surface area contributed by atoms with E-state index in [-0.39, 0.29) is 5.82 Å². The first-order chi connectivity index (χ1) is 6.72. The molecule has 78 valence electrons. The second-order valence-electron chi connectivity index (χ2n) is 3.77. The molecule has 1 nitrogen and oxygen atoms in total. The van der Waals surface area contributed by atoms with E-state index in [0.717, 1.165) is 18.7 Å². The highest BCUT2D eigenvalue weighted by molar-refractivity contribution is 5.15. The number of halogens is 1. The molecule has 0 spiro atoms. The van der Waals surface area contributed by atoms with E-state index >= 15 is 0 Å². The van der Waals surface area contributed by atoms with Gasteiger partial charge in [0.2, 0.25) is 0 Å². The van der Waals surface area contributed by atoms with Crippen molar-refractivity contribution in [2.45, 2.75) is 26.8 Å². The van der Waals surface area contributed by atoms with E-state index in [1.165, 1.54) is 18.6 Å². The molecule has 0 radical (unpaired) electrons. The molecule has 0 saturated carbocycles. The van der Waals surface area contributed by atoms with Crippen LogP contribution in [0.25, 0.3) is 0 Å². The van der Waals surface area contributed by atoms with Gasteiger partial charge in [0, 0.05) is 6.54 Å². The Labute approximate surface area is 85.3 Å². The van der Waals surface area contributed by atoms with Crippen molar-refractivity contribution in [2.75, 3.05) is 6.54 Å². The standard InChI is InChI=1S/C12H18FN/c1-3-10(2)8-14-9-11-4-6-12(13)7-5-11/h4-7,10,14H,3,8-9H2,1-2H3/t10-/m0/s1. The third-order valence-corrected chi connectivity index (χ3v) is 2.43. The third-order valence-electron chi connectivity index (χ3n) is 2.43. The Morgan fingerprint density at radius 3 is 2.50 bits per heavy atom. The monoisotopic (exact) mass is 195 g/mol. The molecule has 0 heterocycles. The summed E-state index contributed by atoms with van der Waals surface area (Å²) in [5, 5.41) is 3.35. The molecule has 1 atom stereocenters. The summed E-state index contributed by atoms with van der Waals surface area (Å²) < 4.78 is 12.6. The van der Waals surface area contributed by atoms with Crippen molar-refractivity contribution in [2.24, 2.45) is 5.92 Å². The fourth-order valence-corrected chi connectivity index (χ4v) is 1.21. The smallest absolute Gasteiger partial charge is 0.123 e. The van der Waals surface area contributed by atoms with Gasteiger partial charge in [-0.15, -0.1) is 0 Å². The Hall–Kier alpha value is -0.890. The average Bonchev–Trinajstić information content (AvgIpc) is 2.21. The van der Waals surface area contributed by atoms with E-state index in [1.54, 1.807) is 0 Å². The summed E-state index contributed by atoms with van der Waals surface area (Å²) in [6.07, 6.45) is 1.19. The lowest BCUT2D eigenvalue weighted by atomic mass is 10.1. The van der Waals surface area contributed by atoms with Crippen LogP contribution >= 0.6 is 0 Å². The maximum atomic E-state index is 12.6. The zero-order chi connectivity index (χ0) is 10.4. The van der Waals surface area contributed by atoms with Crippen LogP contribution in [0.4, 0.5) is 4.39 Å². The van der Waals surface area contributed by atoms with Gasteiger partial charge in [0.25, 0.3) is 0 Å². The predicted molar refractivity (Wildman–Crippen MR) is 57.6 cm³/mol. The van der Waals surface area contributed by atoms with Crippen LogP contribution in [0.2, 0.25) is 0 Å². The molecule has 1 N–H and O–H groups in total. The highest BCUT2D eigenvalue weighted by atomic mass is 19.1. The summed E-state index contributed by atoms with van der Waals surface area (Å²) in [7, 11) is 0. The van der Waals surface area contributed by atoms with E-state index in [2.05, 4.69) is 19.2 Å². The number of hydrogen-bond donors (Lipinski definition) is 1. The first-order valence-corrected chi connectivity index (χ1v) is 5.17. The summed E-state index contributed by atoms with van der Waals surface area (Å²) in [4.78, 5) is 0. The Kier molecular flexibility index (Phi) is 4.60. The van der Waals surface area contributed by atoms with Gasteiger partial charge in [0.05, 0.1) is 0 Å². The van der Waals surface area contributed by atoms with Crippen LogP contribution in [0.5, 0.6) is 0 Å². The SMILES string of the molecule is CC[C@H](C)CNCc1ccc(F)cc1. The van der Waals surface area contributed by atoms with Gasteiger partial charge in [-0.3, -0.25) is 0 Å².